The SMILES string of the molecule is CCNC(=O)[C@@H](CC)N(Cc1c(Cl)cccc1Cl)C(=O)CSCc1ccc(Br)cc1. The molecule has 0 saturated carbocycles. The predicted molar refractivity (Wildman–Crippen MR) is 130 cm³/mol. The highest BCUT2D eigenvalue weighted by Gasteiger charge is 2.29. The van der Waals surface area contributed by atoms with Gasteiger partial charge in [-0.15, -0.1) is 11.8 Å². The van der Waals surface area contributed by atoms with Crippen LogP contribution in [0.15, 0.2) is 46.9 Å². The van der Waals surface area contributed by atoms with Crippen molar-refractivity contribution in [3.8, 4) is 0 Å². The van der Waals surface area contributed by atoms with Gasteiger partial charge in [-0.3, -0.25) is 9.59 Å². The molecule has 0 spiro atoms. The van der Waals surface area contributed by atoms with Crippen molar-refractivity contribution in [1.82, 2.24) is 10.2 Å². The molecule has 2 rings (SSSR count). The molecule has 2 aromatic carbocycles. The predicted octanol–water partition coefficient (Wildman–Crippen LogP) is 5.93. The minimum absolute atomic E-state index is 0.119. The zero-order chi connectivity index (χ0) is 22.1. The third-order valence-corrected chi connectivity index (χ3v) is 6.76. The van der Waals surface area contributed by atoms with Crippen LogP contribution >= 0.6 is 50.9 Å². The molecule has 0 unspecified atom stereocenters. The maximum Gasteiger partial charge on any atom is 0.242 e. The average Bonchev–Trinajstić information content (AvgIpc) is 2.71. The molecule has 1 N–H and O–H groups in total. The number of nitrogens with one attached hydrogen (secondary N) is 1. The van der Waals surface area contributed by atoms with Gasteiger partial charge in [0.25, 0.3) is 0 Å². The number of hydrogen-bond donors (Lipinski definition) is 1. The molecule has 0 aliphatic carbocycles. The first-order valence-corrected chi connectivity index (χ1v) is 12.4. The van der Waals surface area contributed by atoms with Crippen molar-refractivity contribution in [1.29, 1.82) is 0 Å². The van der Waals surface area contributed by atoms with Gasteiger partial charge in [-0.05, 0) is 43.2 Å². The smallest absolute Gasteiger partial charge is 0.242 e. The molecule has 0 saturated heterocycles. The Morgan fingerprint density at radius 2 is 1.73 bits per heavy atom. The largest absolute Gasteiger partial charge is 0.355 e. The molecule has 0 heterocycles. The molecule has 0 aromatic heterocycles. The van der Waals surface area contributed by atoms with Gasteiger partial charge in [-0.2, -0.15) is 0 Å². The first-order valence-electron chi connectivity index (χ1n) is 9.69. The van der Waals surface area contributed by atoms with Crippen molar-refractivity contribution in [2.75, 3.05) is 12.3 Å². The van der Waals surface area contributed by atoms with Crippen LogP contribution in [0.1, 0.15) is 31.4 Å². The van der Waals surface area contributed by atoms with E-state index in [4.69, 9.17) is 23.2 Å². The molecule has 2 amide bonds. The molecule has 0 fully saturated rings. The number of carbonyl (C=O) groups is 2. The van der Waals surface area contributed by atoms with Gasteiger partial charge in [-0.25, -0.2) is 0 Å². The molecule has 0 aliphatic rings. The second kappa shape index (κ2) is 12.6. The fourth-order valence-electron chi connectivity index (χ4n) is 2.99. The Kier molecular flexibility index (Phi) is 10.5. The van der Waals surface area contributed by atoms with Crippen LogP contribution in [0.25, 0.3) is 0 Å². The van der Waals surface area contributed by atoms with Crippen molar-refractivity contribution in [3.63, 3.8) is 0 Å². The Morgan fingerprint density at radius 1 is 1.10 bits per heavy atom. The maximum absolute atomic E-state index is 13.2. The Bertz CT molecular complexity index is 844. The third kappa shape index (κ3) is 7.19. The van der Waals surface area contributed by atoms with Crippen LogP contribution in [0.2, 0.25) is 10.0 Å². The fourth-order valence-corrected chi connectivity index (χ4v) is 4.64. The minimum Gasteiger partial charge on any atom is -0.355 e. The van der Waals surface area contributed by atoms with E-state index in [1.165, 1.54) is 11.8 Å². The maximum atomic E-state index is 13.2. The number of amides is 2. The van der Waals surface area contributed by atoms with Crippen LogP contribution in [-0.4, -0.2) is 35.1 Å². The molecule has 1 atom stereocenters. The third-order valence-electron chi connectivity index (χ3n) is 4.53. The van der Waals surface area contributed by atoms with Crippen molar-refractivity contribution in [2.45, 2.75) is 38.6 Å². The summed E-state index contributed by atoms with van der Waals surface area (Å²) < 4.78 is 1.02. The number of thioether (sulfide) groups is 1. The highest BCUT2D eigenvalue weighted by atomic mass is 79.9. The van der Waals surface area contributed by atoms with E-state index in [0.717, 1.165) is 10.0 Å². The lowest BCUT2D eigenvalue weighted by molar-refractivity contribution is -0.139. The van der Waals surface area contributed by atoms with E-state index in [1.807, 2.05) is 38.1 Å². The summed E-state index contributed by atoms with van der Waals surface area (Å²) >= 11 is 17.6. The molecule has 4 nitrogen and oxygen atoms in total. The molecular weight excluding hydrogens is 507 g/mol. The molecule has 162 valence electrons. The summed E-state index contributed by atoms with van der Waals surface area (Å²) in [6.45, 7) is 4.44. The number of rotatable bonds is 10. The summed E-state index contributed by atoms with van der Waals surface area (Å²) in [4.78, 5) is 27.4. The summed E-state index contributed by atoms with van der Waals surface area (Å²) in [6, 6.07) is 12.6. The van der Waals surface area contributed by atoms with Crippen LogP contribution < -0.4 is 5.32 Å². The van der Waals surface area contributed by atoms with Crippen molar-refractivity contribution < 1.29 is 9.59 Å². The lowest BCUT2D eigenvalue weighted by Gasteiger charge is -2.31. The van der Waals surface area contributed by atoms with Crippen LogP contribution in [0.4, 0.5) is 0 Å². The summed E-state index contributed by atoms with van der Waals surface area (Å²) in [7, 11) is 0. The van der Waals surface area contributed by atoms with Gasteiger partial charge >= 0.3 is 0 Å². The number of nitrogens with zero attached hydrogens (tertiary/aromatic N) is 1. The fraction of sp³-hybridized carbons (Fsp3) is 0.364. The van der Waals surface area contributed by atoms with Crippen LogP contribution in [0.3, 0.4) is 0 Å². The van der Waals surface area contributed by atoms with Gasteiger partial charge in [0, 0.05) is 38.9 Å². The van der Waals surface area contributed by atoms with E-state index in [-0.39, 0.29) is 24.1 Å². The standard InChI is InChI=1S/C22H25BrCl2N2O2S/c1-3-20(22(29)26-4-2)27(12-17-18(24)6-5-7-19(17)25)21(28)14-30-13-15-8-10-16(23)11-9-15/h5-11,20H,3-4,12-14H2,1-2H3,(H,26,29)/t20-/m1/s1. The molecular formula is C22H25BrCl2N2O2S. The topological polar surface area (TPSA) is 49.4 Å². The highest BCUT2D eigenvalue weighted by molar-refractivity contribution is 9.10. The second-order valence-electron chi connectivity index (χ2n) is 6.66. The van der Waals surface area contributed by atoms with Gasteiger partial charge < -0.3 is 10.2 Å². The number of carbonyl (C=O) groups excluding carboxylic acids is 2. The lowest BCUT2D eigenvalue weighted by Crippen LogP contribution is -2.49. The van der Waals surface area contributed by atoms with E-state index in [1.54, 1.807) is 23.1 Å². The molecule has 2 aromatic rings. The number of halogens is 3. The number of benzene rings is 2. The molecule has 0 aliphatic heterocycles. The van der Waals surface area contributed by atoms with E-state index in [0.29, 0.717) is 34.3 Å². The quantitative estimate of drug-likeness (QED) is 0.413. The minimum atomic E-state index is -0.585. The van der Waals surface area contributed by atoms with Gasteiger partial charge in [-0.1, -0.05) is 64.3 Å². The number of likely N-dealkylation sites (N-methyl/N-ethyl adjacent to an activating group) is 1. The van der Waals surface area contributed by atoms with E-state index >= 15 is 0 Å². The van der Waals surface area contributed by atoms with Crippen LogP contribution in [0, 0.1) is 0 Å². The van der Waals surface area contributed by atoms with Gasteiger partial charge in [0.15, 0.2) is 0 Å². The summed E-state index contributed by atoms with van der Waals surface area (Å²) in [5.41, 5.74) is 1.78. The van der Waals surface area contributed by atoms with E-state index in [2.05, 4.69) is 21.2 Å². The van der Waals surface area contributed by atoms with Crippen molar-refractivity contribution >= 4 is 62.7 Å². The molecule has 0 bridgehead atoms. The Hall–Kier alpha value is -1.21. The van der Waals surface area contributed by atoms with Crippen molar-refractivity contribution in [3.05, 3.63) is 68.1 Å². The summed E-state index contributed by atoms with van der Waals surface area (Å²) in [5.74, 6) is 0.673. The first kappa shape index (κ1) is 25.1. The number of hydrogen-bond acceptors (Lipinski definition) is 3. The van der Waals surface area contributed by atoms with Crippen LogP contribution in [0.5, 0.6) is 0 Å². The molecule has 8 heteroatoms. The Morgan fingerprint density at radius 3 is 2.30 bits per heavy atom. The zero-order valence-electron chi connectivity index (χ0n) is 17.0. The normalized spacial score (nSPS) is 11.8. The van der Waals surface area contributed by atoms with Gasteiger partial charge in [0.2, 0.25) is 11.8 Å². The highest BCUT2D eigenvalue weighted by Crippen LogP contribution is 2.27. The lowest BCUT2D eigenvalue weighted by atomic mass is 10.1. The van der Waals surface area contributed by atoms with Gasteiger partial charge in [0.1, 0.15) is 6.04 Å². The summed E-state index contributed by atoms with van der Waals surface area (Å²) in [5, 5.41) is 3.78. The Balaban J connectivity index is 2.17. The van der Waals surface area contributed by atoms with E-state index in [9.17, 15) is 9.59 Å². The Labute approximate surface area is 200 Å². The molecule has 0 radical (unpaired) electrons. The average molecular weight is 532 g/mol. The van der Waals surface area contributed by atoms with E-state index < -0.39 is 6.04 Å². The first-order chi connectivity index (χ1) is 14.4. The van der Waals surface area contributed by atoms with Crippen molar-refractivity contribution in [2.24, 2.45) is 0 Å². The summed E-state index contributed by atoms with van der Waals surface area (Å²) in [6.07, 6.45) is 0.497. The molecule has 30 heavy (non-hydrogen) atoms. The van der Waals surface area contributed by atoms with Gasteiger partial charge in [0.05, 0.1) is 5.75 Å². The monoisotopic (exact) mass is 530 g/mol. The zero-order valence-corrected chi connectivity index (χ0v) is 20.9. The second-order valence-corrected chi connectivity index (χ2v) is 9.38. The van der Waals surface area contributed by atoms with Crippen LogP contribution in [-0.2, 0) is 21.9 Å².